The SMILES string of the molecule is NC1CC(N)CN(c2nc(Nc3ccc(C(=O)N(F)c4ccccc4)c(O)c3)nc(N3CC(N)CC(N)C3)n2)C1. The largest absolute Gasteiger partial charge is 0.507 e. The molecule has 4 unspecified atom stereocenters. The Hall–Kier alpha value is -4.11. The molecule has 4 atom stereocenters. The lowest BCUT2D eigenvalue weighted by atomic mass is 10.0. The predicted octanol–water partition coefficient (Wildman–Crippen LogP) is 0.581. The zero-order chi connectivity index (χ0) is 28.4. The zero-order valence-electron chi connectivity index (χ0n) is 21.9. The summed E-state index contributed by atoms with van der Waals surface area (Å²) in [5.41, 5.74) is 25.1. The maximum absolute atomic E-state index is 14.7. The number of phenols is 1. The van der Waals surface area contributed by atoms with Gasteiger partial charge in [0, 0.05) is 62.1 Å². The number of nitrogens with zero attached hydrogens (tertiary/aromatic N) is 6. The molecule has 3 heterocycles. The van der Waals surface area contributed by atoms with E-state index in [0.717, 1.165) is 0 Å². The van der Waals surface area contributed by atoms with Crippen molar-refractivity contribution in [1.29, 1.82) is 0 Å². The number of hydrogen-bond acceptors (Lipinski definition) is 12. The number of nitrogens with two attached hydrogens (primary N) is 4. The number of nitrogens with one attached hydrogen (secondary N) is 1. The maximum atomic E-state index is 14.7. The van der Waals surface area contributed by atoms with E-state index in [9.17, 15) is 14.4 Å². The van der Waals surface area contributed by atoms with E-state index in [-0.39, 0.29) is 46.5 Å². The average Bonchev–Trinajstić information content (AvgIpc) is 2.91. The minimum absolute atomic E-state index is 0.0191. The van der Waals surface area contributed by atoms with Crippen LogP contribution in [0.2, 0.25) is 0 Å². The highest BCUT2D eigenvalue weighted by Crippen LogP contribution is 2.28. The van der Waals surface area contributed by atoms with E-state index in [0.29, 0.717) is 56.6 Å². The lowest BCUT2D eigenvalue weighted by molar-refractivity contribution is 0.0928. The highest BCUT2D eigenvalue weighted by Gasteiger charge is 2.29. The van der Waals surface area contributed by atoms with Gasteiger partial charge in [0.1, 0.15) is 5.75 Å². The number of piperidine rings is 2. The van der Waals surface area contributed by atoms with Gasteiger partial charge in [0.05, 0.1) is 11.3 Å². The molecule has 1 aromatic heterocycles. The van der Waals surface area contributed by atoms with Crippen LogP contribution in [0, 0.1) is 0 Å². The van der Waals surface area contributed by atoms with Crippen LogP contribution >= 0.6 is 0 Å². The Bertz CT molecular complexity index is 1280. The quantitative estimate of drug-likeness (QED) is 0.233. The summed E-state index contributed by atoms with van der Waals surface area (Å²) in [5, 5.41) is 13.6. The third kappa shape index (κ3) is 6.20. The molecule has 2 aliphatic rings. The number of rotatable bonds is 6. The Labute approximate surface area is 230 Å². The van der Waals surface area contributed by atoms with Gasteiger partial charge < -0.3 is 43.2 Å². The van der Waals surface area contributed by atoms with E-state index in [1.165, 1.54) is 30.3 Å². The molecule has 2 aromatic carbocycles. The number of carbonyl (C=O) groups is 1. The van der Waals surface area contributed by atoms with Crippen molar-refractivity contribution >= 4 is 35.1 Å². The van der Waals surface area contributed by atoms with Crippen molar-refractivity contribution in [3.63, 3.8) is 0 Å². The molecule has 0 aliphatic carbocycles. The Kier molecular flexibility index (Phi) is 7.93. The van der Waals surface area contributed by atoms with Crippen LogP contribution in [0.3, 0.4) is 0 Å². The first-order chi connectivity index (χ1) is 19.2. The molecule has 5 rings (SSSR count). The molecule has 2 fully saturated rings. The van der Waals surface area contributed by atoms with E-state index in [4.69, 9.17) is 22.9 Å². The number of amides is 1. The molecular weight excluding hydrogens is 517 g/mol. The monoisotopic (exact) mass is 551 g/mol. The van der Waals surface area contributed by atoms with Crippen molar-refractivity contribution in [2.24, 2.45) is 22.9 Å². The Balaban J connectivity index is 1.42. The molecule has 13 nitrogen and oxygen atoms in total. The van der Waals surface area contributed by atoms with Crippen LogP contribution in [0.4, 0.5) is 33.7 Å². The molecule has 2 aliphatic heterocycles. The molecule has 10 N–H and O–H groups in total. The van der Waals surface area contributed by atoms with Gasteiger partial charge in [0.25, 0.3) is 5.91 Å². The van der Waals surface area contributed by atoms with Crippen LogP contribution in [0.15, 0.2) is 48.5 Å². The van der Waals surface area contributed by atoms with Gasteiger partial charge in [-0.2, -0.15) is 15.0 Å². The van der Waals surface area contributed by atoms with Gasteiger partial charge in [-0.25, -0.2) is 0 Å². The summed E-state index contributed by atoms with van der Waals surface area (Å²) < 4.78 is 14.7. The van der Waals surface area contributed by atoms with E-state index >= 15 is 0 Å². The van der Waals surface area contributed by atoms with Crippen molar-refractivity contribution in [2.75, 3.05) is 46.4 Å². The van der Waals surface area contributed by atoms with E-state index in [1.54, 1.807) is 18.2 Å². The molecule has 2 saturated heterocycles. The molecule has 0 radical (unpaired) electrons. The smallest absolute Gasteiger partial charge is 0.290 e. The van der Waals surface area contributed by atoms with Crippen LogP contribution in [-0.4, -0.2) is 76.3 Å². The zero-order valence-corrected chi connectivity index (χ0v) is 21.9. The summed E-state index contributed by atoms with van der Waals surface area (Å²) in [6.07, 6.45) is 1.39. The third-order valence-corrected chi connectivity index (χ3v) is 6.85. The molecule has 0 saturated carbocycles. The highest BCUT2D eigenvalue weighted by atomic mass is 19.2. The number of benzene rings is 2. The minimum Gasteiger partial charge on any atom is -0.507 e. The summed E-state index contributed by atoms with van der Waals surface area (Å²) in [7, 11) is 0. The van der Waals surface area contributed by atoms with Gasteiger partial charge in [0.2, 0.25) is 17.8 Å². The molecule has 3 aromatic rings. The number of halogens is 1. The summed E-state index contributed by atoms with van der Waals surface area (Å²) in [6, 6.07) is 11.4. The number of anilines is 5. The molecule has 0 spiro atoms. The number of para-hydroxylation sites is 1. The van der Waals surface area contributed by atoms with Crippen LogP contribution in [-0.2, 0) is 0 Å². The van der Waals surface area contributed by atoms with Crippen molar-refractivity contribution < 1.29 is 14.4 Å². The standard InChI is InChI=1S/C26H34FN11O2/c27-38(20-4-2-1-3-5-20)23(40)21-7-6-19(10-22(21)39)32-24-33-25(36-11-15(28)8-16(29)12-36)35-26(34-24)37-13-17(30)9-18(31)14-37/h1-7,10,15-18,39H,8-9,11-14,28-31H2,(H,32,33,34,35). The number of aromatic nitrogens is 3. The van der Waals surface area contributed by atoms with E-state index in [1.807, 2.05) is 9.80 Å². The van der Waals surface area contributed by atoms with Crippen LogP contribution in [0.1, 0.15) is 23.2 Å². The van der Waals surface area contributed by atoms with Gasteiger partial charge in [0.15, 0.2) is 0 Å². The maximum Gasteiger partial charge on any atom is 0.290 e. The molecular formula is C26H34FN11O2. The second-order valence-corrected chi connectivity index (χ2v) is 10.4. The van der Waals surface area contributed by atoms with Crippen molar-refractivity contribution in [3.05, 3.63) is 54.1 Å². The fraction of sp³-hybridized carbons (Fsp3) is 0.385. The van der Waals surface area contributed by atoms with Crippen LogP contribution in [0.25, 0.3) is 0 Å². The first kappa shape index (κ1) is 27.5. The van der Waals surface area contributed by atoms with Crippen molar-refractivity contribution in [2.45, 2.75) is 37.0 Å². The molecule has 212 valence electrons. The number of aromatic hydroxyl groups is 1. The Morgan fingerprint density at radius 1 is 0.850 bits per heavy atom. The fourth-order valence-corrected chi connectivity index (χ4v) is 5.08. The Morgan fingerprint density at radius 3 is 1.88 bits per heavy atom. The van der Waals surface area contributed by atoms with Gasteiger partial charge in [-0.3, -0.25) is 4.79 Å². The van der Waals surface area contributed by atoms with Gasteiger partial charge in [-0.05, 0) is 37.1 Å². The second-order valence-electron chi connectivity index (χ2n) is 10.4. The lowest BCUT2D eigenvalue weighted by Gasteiger charge is -2.37. The first-order valence-corrected chi connectivity index (χ1v) is 13.1. The third-order valence-electron chi connectivity index (χ3n) is 6.85. The van der Waals surface area contributed by atoms with E-state index in [2.05, 4.69) is 20.3 Å². The van der Waals surface area contributed by atoms with Crippen molar-refractivity contribution in [1.82, 2.24) is 15.0 Å². The van der Waals surface area contributed by atoms with Crippen LogP contribution in [0.5, 0.6) is 5.75 Å². The van der Waals surface area contributed by atoms with Gasteiger partial charge in [-0.1, -0.05) is 22.7 Å². The fourth-order valence-electron chi connectivity index (χ4n) is 5.08. The predicted molar refractivity (Wildman–Crippen MR) is 151 cm³/mol. The molecule has 40 heavy (non-hydrogen) atoms. The first-order valence-electron chi connectivity index (χ1n) is 13.1. The molecule has 1 amide bonds. The summed E-state index contributed by atoms with van der Waals surface area (Å²) in [5.74, 6) is -0.453. The van der Waals surface area contributed by atoms with Gasteiger partial charge in [-0.15, -0.1) is 5.12 Å². The van der Waals surface area contributed by atoms with Gasteiger partial charge >= 0.3 is 0 Å². The topological polar surface area (TPSA) is 202 Å². The summed E-state index contributed by atoms with van der Waals surface area (Å²) in [4.78, 5) is 30.4. The lowest BCUT2D eigenvalue weighted by Crippen LogP contribution is -2.54. The summed E-state index contributed by atoms with van der Waals surface area (Å²) in [6.45, 7) is 2.09. The average molecular weight is 552 g/mol. The summed E-state index contributed by atoms with van der Waals surface area (Å²) >= 11 is 0. The van der Waals surface area contributed by atoms with Crippen molar-refractivity contribution in [3.8, 4) is 5.75 Å². The van der Waals surface area contributed by atoms with Crippen LogP contribution < -0.4 is 43.2 Å². The number of phenolic OH excluding ortho intramolecular Hbond substituents is 1. The van der Waals surface area contributed by atoms with E-state index < -0.39 is 11.7 Å². The molecule has 14 heteroatoms. The molecule has 0 bridgehead atoms. The number of carbonyl (C=O) groups excluding carboxylic acids is 1. The highest BCUT2D eigenvalue weighted by molar-refractivity contribution is 6.06. The Morgan fingerprint density at radius 2 is 1.38 bits per heavy atom. The number of hydrogen-bond donors (Lipinski definition) is 6. The second kappa shape index (κ2) is 11.6. The minimum atomic E-state index is -1.00. The normalized spacial score (nSPS) is 23.1.